The van der Waals surface area contributed by atoms with Crippen molar-refractivity contribution in [2.24, 2.45) is 11.7 Å². The summed E-state index contributed by atoms with van der Waals surface area (Å²) >= 11 is 4.84. The summed E-state index contributed by atoms with van der Waals surface area (Å²) in [6.07, 6.45) is 3.97. The zero-order valence-corrected chi connectivity index (χ0v) is 8.69. The van der Waals surface area contributed by atoms with Crippen molar-refractivity contribution in [2.75, 3.05) is 0 Å². The van der Waals surface area contributed by atoms with Gasteiger partial charge in [0.05, 0.1) is 11.0 Å². The third kappa shape index (κ3) is 2.66. The predicted octanol–water partition coefficient (Wildman–Crippen LogP) is 0.967. The number of hydrogen-bond donors (Lipinski definition) is 2. The molecule has 0 saturated heterocycles. The highest BCUT2D eigenvalue weighted by Crippen LogP contribution is 2.26. The van der Waals surface area contributed by atoms with Crippen LogP contribution >= 0.6 is 12.2 Å². The number of thiocarbonyl (C=S) groups is 1. The number of carbonyl (C=O) groups is 1. The van der Waals surface area contributed by atoms with E-state index in [1.807, 2.05) is 6.92 Å². The van der Waals surface area contributed by atoms with Gasteiger partial charge in [0.25, 0.3) is 0 Å². The van der Waals surface area contributed by atoms with E-state index in [0.29, 0.717) is 4.99 Å². The van der Waals surface area contributed by atoms with Crippen molar-refractivity contribution in [3.05, 3.63) is 0 Å². The highest BCUT2D eigenvalue weighted by Gasteiger charge is 2.26. The first-order valence-electron chi connectivity index (χ1n) is 4.74. The molecule has 0 heterocycles. The molecule has 3 nitrogen and oxygen atoms in total. The lowest BCUT2D eigenvalue weighted by Crippen LogP contribution is -2.46. The summed E-state index contributed by atoms with van der Waals surface area (Å²) < 4.78 is 0. The van der Waals surface area contributed by atoms with Crippen LogP contribution in [-0.2, 0) is 4.79 Å². The third-order valence-corrected chi connectivity index (χ3v) is 2.83. The van der Waals surface area contributed by atoms with Gasteiger partial charge in [-0.05, 0) is 19.3 Å². The molecule has 4 heteroatoms. The van der Waals surface area contributed by atoms with Crippen LogP contribution in [-0.4, -0.2) is 16.9 Å². The van der Waals surface area contributed by atoms with Crippen LogP contribution in [0.3, 0.4) is 0 Å². The number of nitrogens with one attached hydrogen (secondary N) is 1. The minimum atomic E-state index is -0.122. The summed E-state index contributed by atoms with van der Waals surface area (Å²) in [6.45, 7) is 1.96. The van der Waals surface area contributed by atoms with Gasteiger partial charge < -0.3 is 11.1 Å². The maximum atomic E-state index is 11.5. The van der Waals surface area contributed by atoms with Crippen LogP contribution in [0.4, 0.5) is 0 Å². The molecule has 0 aromatic heterocycles. The molecule has 1 amide bonds. The van der Waals surface area contributed by atoms with Crippen LogP contribution in [0.2, 0.25) is 0 Å². The van der Waals surface area contributed by atoms with Gasteiger partial charge in [-0.15, -0.1) is 0 Å². The Balaban J connectivity index is 2.36. The first kappa shape index (κ1) is 10.4. The van der Waals surface area contributed by atoms with Crippen LogP contribution in [0.15, 0.2) is 0 Å². The van der Waals surface area contributed by atoms with Crippen molar-refractivity contribution < 1.29 is 4.79 Å². The van der Waals surface area contributed by atoms with Gasteiger partial charge in [0.2, 0.25) is 5.91 Å². The van der Waals surface area contributed by atoms with Gasteiger partial charge in [-0.25, -0.2) is 0 Å². The largest absolute Gasteiger partial charge is 0.392 e. The second-order valence-electron chi connectivity index (χ2n) is 3.50. The molecular weight excluding hydrogens is 184 g/mol. The predicted molar refractivity (Wildman–Crippen MR) is 56.3 cm³/mol. The van der Waals surface area contributed by atoms with E-state index in [1.165, 1.54) is 6.42 Å². The number of rotatable bonds is 4. The Kier molecular flexibility index (Phi) is 3.66. The molecule has 0 bridgehead atoms. The Morgan fingerprint density at radius 1 is 1.69 bits per heavy atom. The summed E-state index contributed by atoms with van der Waals surface area (Å²) in [5, 5.41) is 2.86. The van der Waals surface area contributed by atoms with Crippen molar-refractivity contribution in [3.8, 4) is 0 Å². The lowest BCUT2D eigenvalue weighted by atomic mass is 9.84. The van der Waals surface area contributed by atoms with E-state index in [0.717, 1.165) is 19.3 Å². The first-order valence-corrected chi connectivity index (χ1v) is 5.15. The molecule has 0 radical (unpaired) electrons. The fourth-order valence-electron chi connectivity index (χ4n) is 1.33. The van der Waals surface area contributed by atoms with Gasteiger partial charge in [0, 0.05) is 5.92 Å². The van der Waals surface area contributed by atoms with Gasteiger partial charge in [-0.1, -0.05) is 25.6 Å². The van der Waals surface area contributed by atoms with Crippen LogP contribution < -0.4 is 11.1 Å². The molecule has 0 aromatic carbocycles. The molecular formula is C9H16N2OS. The summed E-state index contributed by atoms with van der Waals surface area (Å²) in [6, 6.07) is -0.122. The maximum absolute atomic E-state index is 11.5. The molecule has 1 atom stereocenters. The van der Waals surface area contributed by atoms with Crippen molar-refractivity contribution in [1.82, 2.24) is 5.32 Å². The van der Waals surface area contributed by atoms with E-state index in [-0.39, 0.29) is 17.9 Å². The summed E-state index contributed by atoms with van der Waals surface area (Å²) in [5.41, 5.74) is 5.47. The minimum absolute atomic E-state index is 0.117. The van der Waals surface area contributed by atoms with Gasteiger partial charge in [-0.2, -0.15) is 0 Å². The van der Waals surface area contributed by atoms with Crippen LogP contribution in [0.5, 0.6) is 0 Å². The zero-order chi connectivity index (χ0) is 9.84. The zero-order valence-electron chi connectivity index (χ0n) is 7.88. The smallest absolute Gasteiger partial charge is 0.223 e. The number of hydrogen-bond acceptors (Lipinski definition) is 2. The SMILES string of the molecule is CCC(NC(=O)C1CCC1)C(N)=S. The van der Waals surface area contributed by atoms with Crippen molar-refractivity contribution in [1.29, 1.82) is 0 Å². The molecule has 1 rings (SSSR count). The molecule has 1 aliphatic rings. The van der Waals surface area contributed by atoms with Gasteiger partial charge in [0.15, 0.2) is 0 Å². The molecule has 1 saturated carbocycles. The maximum Gasteiger partial charge on any atom is 0.223 e. The van der Waals surface area contributed by atoms with Crippen LogP contribution in [0.1, 0.15) is 32.6 Å². The van der Waals surface area contributed by atoms with E-state index in [9.17, 15) is 4.79 Å². The molecule has 1 unspecified atom stereocenters. The minimum Gasteiger partial charge on any atom is -0.392 e. The van der Waals surface area contributed by atoms with Gasteiger partial charge in [-0.3, -0.25) is 4.79 Å². The number of carbonyl (C=O) groups excluding carboxylic acids is 1. The summed E-state index contributed by atoms with van der Waals surface area (Å²) in [5.74, 6) is 0.328. The molecule has 3 N–H and O–H groups in total. The highest BCUT2D eigenvalue weighted by molar-refractivity contribution is 7.80. The number of amides is 1. The Morgan fingerprint density at radius 2 is 2.31 bits per heavy atom. The third-order valence-electron chi connectivity index (χ3n) is 2.54. The standard InChI is InChI=1S/C9H16N2OS/c1-2-7(8(10)13)11-9(12)6-4-3-5-6/h6-7H,2-5H2,1H3,(H2,10,13)(H,11,12). The fourth-order valence-corrected chi connectivity index (χ4v) is 1.56. The van der Waals surface area contributed by atoms with Gasteiger partial charge in [0.1, 0.15) is 0 Å². The Morgan fingerprint density at radius 3 is 2.62 bits per heavy atom. The van der Waals surface area contributed by atoms with E-state index in [1.54, 1.807) is 0 Å². The molecule has 0 aliphatic heterocycles. The summed E-state index contributed by atoms with van der Waals surface area (Å²) in [4.78, 5) is 11.9. The molecule has 0 spiro atoms. The van der Waals surface area contributed by atoms with Crippen molar-refractivity contribution in [3.63, 3.8) is 0 Å². The van der Waals surface area contributed by atoms with E-state index < -0.39 is 0 Å². The van der Waals surface area contributed by atoms with Crippen LogP contribution in [0.25, 0.3) is 0 Å². The van der Waals surface area contributed by atoms with Crippen molar-refractivity contribution >= 4 is 23.1 Å². The molecule has 0 aromatic rings. The van der Waals surface area contributed by atoms with E-state index in [4.69, 9.17) is 18.0 Å². The molecule has 1 aliphatic carbocycles. The Labute approximate surface area is 84.1 Å². The average Bonchev–Trinajstić information content (AvgIpc) is 1.96. The van der Waals surface area contributed by atoms with Gasteiger partial charge >= 0.3 is 0 Å². The first-order chi connectivity index (χ1) is 6.15. The normalized spacial score (nSPS) is 18.8. The molecule has 1 fully saturated rings. The second-order valence-corrected chi connectivity index (χ2v) is 3.97. The van der Waals surface area contributed by atoms with Crippen LogP contribution in [0, 0.1) is 5.92 Å². The lowest BCUT2D eigenvalue weighted by molar-refractivity contribution is -0.127. The quantitative estimate of drug-likeness (QED) is 0.665. The lowest BCUT2D eigenvalue weighted by Gasteiger charge is -2.26. The topological polar surface area (TPSA) is 55.1 Å². The van der Waals surface area contributed by atoms with E-state index in [2.05, 4.69) is 5.32 Å². The highest BCUT2D eigenvalue weighted by atomic mass is 32.1. The Bertz CT molecular complexity index is 214. The molecule has 13 heavy (non-hydrogen) atoms. The second kappa shape index (κ2) is 4.56. The average molecular weight is 200 g/mol. The fraction of sp³-hybridized carbons (Fsp3) is 0.778. The van der Waals surface area contributed by atoms with Crippen molar-refractivity contribution in [2.45, 2.75) is 38.6 Å². The molecule has 74 valence electrons. The number of nitrogens with two attached hydrogens (primary N) is 1. The Hall–Kier alpha value is -0.640. The monoisotopic (exact) mass is 200 g/mol. The van der Waals surface area contributed by atoms with E-state index >= 15 is 0 Å². The summed E-state index contributed by atoms with van der Waals surface area (Å²) in [7, 11) is 0.